The molecule has 0 bridgehead atoms. The van der Waals surface area contributed by atoms with Gasteiger partial charge in [0.25, 0.3) is 6.92 Å². The van der Waals surface area contributed by atoms with Crippen LogP contribution in [0, 0.1) is 0 Å². The van der Waals surface area contributed by atoms with Crippen LogP contribution < -0.4 is 0 Å². The Bertz CT molecular complexity index is 20.9. The highest BCUT2D eigenvalue weighted by Crippen LogP contribution is 1.78. The smallest absolute Gasteiger partial charge is 0.285 e. The summed E-state index contributed by atoms with van der Waals surface area (Å²) in [6.45, 7) is 3.61. The Morgan fingerprint density at radius 3 is 2.00 bits per heavy atom. The van der Waals surface area contributed by atoms with Gasteiger partial charge in [-0.15, -0.1) is 0 Å². The van der Waals surface area contributed by atoms with Crippen molar-refractivity contribution in [3.8, 4) is 0 Å². The first kappa shape index (κ1) is 5.02. The van der Waals surface area contributed by atoms with Gasteiger partial charge in [0.2, 0.25) is 0 Å². The fourth-order valence-corrected chi connectivity index (χ4v) is 0. The van der Waals surface area contributed by atoms with Crippen LogP contribution in [-0.2, 0) is 0 Å². The molecule has 0 aliphatic carbocycles. The Kier molecular flexibility index (Phi) is 2.28. The third kappa shape index (κ3) is 4.02. The molecule has 0 aromatic carbocycles. The van der Waals surface area contributed by atoms with Crippen molar-refractivity contribution in [1.29, 1.82) is 0 Å². The summed E-state index contributed by atoms with van der Waals surface area (Å²) < 4.78 is 0. The molecule has 0 aliphatic heterocycles. The Labute approximate surface area is 33.1 Å². The Hall–Kier alpha value is 0.0249. The van der Waals surface area contributed by atoms with Gasteiger partial charge in [0, 0.05) is 0 Å². The molecule has 2 heteroatoms. The molecular weight excluding hydrogens is 62.8 g/mol. The van der Waals surface area contributed by atoms with Gasteiger partial charge in [-0.2, -0.15) is 0 Å². The van der Waals surface area contributed by atoms with Crippen molar-refractivity contribution in [3.63, 3.8) is 0 Å². The molecule has 0 aromatic rings. The van der Waals surface area contributed by atoms with Crippen LogP contribution in [0.4, 0.5) is 0 Å². The van der Waals surface area contributed by atoms with Crippen molar-refractivity contribution < 1.29 is 5.02 Å². The minimum absolute atomic E-state index is 0.116. The summed E-state index contributed by atoms with van der Waals surface area (Å²) >= 11 is 0. The first-order chi connectivity index (χ1) is 2.27. The number of rotatable bonds is 1. The molecular formula is C3H9BO. The van der Waals surface area contributed by atoms with Crippen molar-refractivity contribution in [2.75, 3.05) is 0 Å². The van der Waals surface area contributed by atoms with E-state index < -0.39 is 0 Å². The maximum absolute atomic E-state index is 8.36. The van der Waals surface area contributed by atoms with E-state index in [2.05, 4.69) is 0 Å². The molecule has 0 spiro atoms. The first-order valence-corrected chi connectivity index (χ1v) is 1.95. The molecule has 5 heavy (non-hydrogen) atoms. The Morgan fingerprint density at radius 2 is 2.00 bits per heavy atom. The molecule has 0 aromatic heterocycles. The van der Waals surface area contributed by atoms with Crippen molar-refractivity contribution >= 4 is 6.92 Å². The minimum atomic E-state index is -0.116. The quantitative estimate of drug-likeness (QED) is 0.450. The lowest BCUT2D eigenvalue weighted by molar-refractivity contribution is 0.579. The highest BCUT2D eigenvalue weighted by atomic mass is 16.2. The van der Waals surface area contributed by atoms with Crippen LogP contribution >= 0.6 is 0 Å². The van der Waals surface area contributed by atoms with E-state index in [1.165, 1.54) is 0 Å². The highest BCUT2D eigenvalue weighted by molar-refractivity contribution is 6.48. The average molecular weight is 71.9 g/mol. The second kappa shape index (κ2) is 2.27. The van der Waals surface area contributed by atoms with Gasteiger partial charge >= 0.3 is 0 Å². The zero-order chi connectivity index (χ0) is 4.28. The van der Waals surface area contributed by atoms with Gasteiger partial charge in [0.05, 0.1) is 0 Å². The minimum Gasteiger partial charge on any atom is -0.451 e. The molecule has 0 atom stereocenters. The number of hydrogen-bond donors (Lipinski definition) is 1. The highest BCUT2D eigenvalue weighted by Gasteiger charge is 1.91. The molecule has 0 saturated carbocycles. The van der Waals surface area contributed by atoms with Crippen molar-refractivity contribution in [2.45, 2.75) is 20.1 Å². The summed E-state index contributed by atoms with van der Waals surface area (Å²) in [6.07, 6.45) is 0.861. The monoisotopic (exact) mass is 72.1 g/mol. The molecule has 1 N–H and O–H groups in total. The molecule has 0 aliphatic rings. The van der Waals surface area contributed by atoms with Crippen molar-refractivity contribution in [2.24, 2.45) is 0 Å². The average Bonchev–Trinajstić information content (AvgIpc) is 1.38. The third-order valence-electron chi connectivity index (χ3n) is 0.591. The van der Waals surface area contributed by atoms with Gasteiger partial charge in [-0.25, -0.2) is 0 Å². The lowest BCUT2D eigenvalue weighted by atomic mass is 9.69. The summed E-state index contributed by atoms with van der Waals surface area (Å²) in [6, 6.07) is 0. The fraction of sp³-hybridized carbons (Fsp3) is 1.00. The Morgan fingerprint density at radius 1 is 1.80 bits per heavy atom. The lowest BCUT2D eigenvalue weighted by Crippen LogP contribution is -1.99. The maximum atomic E-state index is 8.36. The van der Waals surface area contributed by atoms with Crippen LogP contribution in [0.5, 0.6) is 0 Å². The predicted octanol–water partition coefficient (Wildman–Crippen LogP) is 0.620. The van der Waals surface area contributed by atoms with Crippen molar-refractivity contribution in [3.05, 3.63) is 0 Å². The normalized spacial score (nSPS) is 7.80. The van der Waals surface area contributed by atoms with E-state index in [0.717, 1.165) is 6.32 Å². The van der Waals surface area contributed by atoms with Gasteiger partial charge in [-0.05, 0) is 0 Å². The molecule has 0 unspecified atom stereocenters. The van der Waals surface area contributed by atoms with Gasteiger partial charge in [-0.3, -0.25) is 0 Å². The van der Waals surface area contributed by atoms with E-state index in [9.17, 15) is 0 Å². The van der Waals surface area contributed by atoms with Crippen molar-refractivity contribution in [1.82, 2.24) is 0 Å². The number of hydrogen-bond acceptors (Lipinski definition) is 1. The lowest BCUT2D eigenvalue weighted by Gasteiger charge is -1.83. The molecule has 0 saturated heterocycles. The van der Waals surface area contributed by atoms with Gasteiger partial charge in [0.15, 0.2) is 0 Å². The molecule has 0 radical (unpaired) electrons. The Balaban J connectivity index is 2.54. The fourth-order valence-electron chi connectivity index (χ4n) is 0. The summed E-state index contributed by atoms with van der Waals surface area (Å²) in [5.74, 6) is 0. The van der Waals surface area contributed by atoms with Gasteiger partial charge in [-0.1, -0.05) is 20.1 Å². The van der Waals surface area contributed by atoms with E-state index in [0.29, 0.717) is 0 Å². The van der Waals surface area contributed by atoms with Crippen LogP contribution in [0.25, 0.3) is 0 Å². The maximum Gasteiger partial charge on any atom is 0.285 e. The molecule has 0 heterocycles. The van der Waals surface area contributed by atoms with E-state index in [4.69, 9.17) is 5.02 Å². The van der Waals surface area contributed by atoms with Crippen LogP contribution in [0.15, 0.2) is 0 Å². The summed E-state index contributed by atoms with van der Waals surface area (Å²) in [5.41, 5.74) is 0. The zero-order valence-electron chi connectivity index (χ0n) is 3.73. The van der Waals surface area contributed by atoms with Gasteiger partial charge < -0.3 is 5.02 Å². The van der Waals surface area contributed by atoms with Gasteiger partial charge in [0.1, 0.15) is 0 Å². The van der Waals surface area contributed by atoms with E-state index in [1.54, 1.807) is 6.82 Å². The summed E-state index contributed by atoms with van der Waals surface area (Å²) in [5, 5.41) is 8.36. The van der Waals surface area contributed by atoms with E-state index in [1.807, 2.05) is 6.92 Å². The van der Waals surface area contributed by atoms with Crippen LogP contribution in [-0.4, -0.2) is 11.9 Å². The topological polar surface area (TPSA) is 20.2 Å². The second-order valence-corrected chi connectivity index (χ2v) is 1.26. The molecule has 1 nitrogen and oxygen atoms in total. The van der Waals surface area contributed by atoms with E-state index in [-0.39, 0.29) is 6.92 Å². The summed E-state index contributed by atoms with van der Waals surface area (Å²) in [7, 11) is 0. The first-order valence-electron chi connectivity index (χ1n) is 1.95. The molecule has 0 fully saturated rings. The second-order valence-electron chi connectivity index (χ2n) is 1.26. The molecule has 30 valence electrons. The SMILES string of the molecule is CCB(C)O. The predicted molar refractivity (Wildman–Crippen MR) is 24.3 cm³/mol. The largest absolute Gasteiger partial charge is 0.451 e. The van der Waals surface area contributed by atoms with Crippen LogP contribution in [0.2, 0.25) is 13.1 Å². The van der Waals surface area contributed by atoms with Crippen LogP contribution in [0.3, 0.4) is 0 Å². The third-order valence-corrected chi connectivity index (χ3v) is 0.591. The van der Waals surface area contributed by atoms with Crippen LogP contribution in [0.1, 0.15) is 6.92 Å². The zero-order valence-corrected chi connectivity index (χ0v) is 3.73. The molecule has 0 rings (SSSR count). The standard InChI is InChI=1S/C3H9BO/c1-3-4(2)5/h5H,3H2,1-2H3. The summed E-state index contributed by atoms with van der Waals surface area (Å²) in [4.78, 5) is 0. The molecule has 0 amide bonds. The van der Waals surface area contributed by atoms with E-state index >= 15 is 0 Å².